The summed E-state index contributed by atoms with van der Waals surface area (Å²) in [6.07, 6.45) is 0. The SMILES string of the molecule is CC1(c2ccc(C#N)cc2)NC(=O)N(Cc2cccc(F)c2F)C1=O. The summed E-state index contributed by atoms with van der Waals surface area (Å²) < 4.78 is 27.2. The van der Waals surface area contributed by atoms with Crippen LogP contribution in [0.25, 0.3) is 0 Å². The van der Waals surface area contributed by atoms with Gasteiger partial charge in [0, 0.05) is 5.56 Å². The summed E-state index contributed by atoms with van der Waals surface area (Å²) in [5.74, 6) is -2.71. The summed E-state index contributed by atoms with van der Waals surface area (Å²) in [5, 5.41) is 11.4. The molecule has 1 N–H and O–H groups in total. The van der Waals surface area contributed by atoms with Crippen LogP contribution in [0.3, 0.4) is 0 Å². The number of rotatable bonds is 3. The molecule has 25 heavy (non-hydrogen) atoms. The van der Waals surface area contributed by atoms with E-state index in [1.54, 1.807) is 12.1 Å². The molecule has 1 unspecified atom stereocenters. The molecule has 0 radical (unpaired) electrons. The maximum absolute atomic E-state index is 13.8. The number of carbonyl (C=O) groups is 2. The van der Waals surface area contributed by atoms with Crippen molar-refractivity contribution in [2.45, 2.75) is 19.0 Å². The molecule has 1 aliphatic heterocycles. The Labute approximate surface area is 142 Å². The van der Waals surface area contributed by atoms with Gasteiger partial charge in [-0.25, -0.2) is 13.6 Å². The summed E-state index contributed by atoms with van der Waals surface area (Å²) in [4.78, 5) is 25.8. The van der Waals surface area contributed by atoms with Gasteiger partial charge in [-0.1, -0.05) is 24.3 Å². The first-order valence-corrected chi connectivity index (χ1v) is 7.44. The van der Waals surface area contributed by atoms with Gasteiger partial charge in [0.15, 0.2) is 11.6 Å². The number of amides is 3. The minimum absolute atomic E-state index is 0.0902. The van der Waals surface area contributed by atoms with Crippen LogP contribution >= 0.6 is 0 Å². The normalized spacial score (nSPS) is 19.7. The number of nitriles is 1. The van der Waals surface area contributed by atoms with Gasteiger partial charge in [0.05, 0.1) is 18.2 Å². The fourth-order valence-corrected chi connectivity index (χ4v) is 2.76. The molecule has 7 heteroatoms. The lowest BCUT2D eigenvalue weighted by Gasteiger charge is -2.22. The number of benzene rings is 2. The van der Waals surface area contributed by atoms with Crippen LogP contribution in [0.5, 0.6) is 0 Å². The standard InChI is InChI=1S/C18H13F2N3O2/c1-18(13-7-5-11(9-21)6-8-13)16(24)23(17(25)22-18)10-12-3-2-4-14(19)15(12)20/h2-8H,10H2,1H3,(H,22,25). The molecule has 1 heterocycles. The molecule has 1 saturated heterocycles. The Balaban J connectivity index is 1.91. The fourth-order valence-electron chi connectivity index (χ4n) is 2.76. The van der Waals surface area contributed by atoms with Crippen molar-refractivity contribution in [1.29, 1.82) is 5.26 Å². The molecule has 1 atom stereocenters. The Bertz CT molecular complexity index is 906. The maximum Gasteiger partial charge on any atom is 0.325 e. The number of hydrogen-bond donors (Lipinski definition) is 1. The number of halogens is 2. The highest BCUT2D eigenvalue weighted by Gasteiger charge is 2.49. The van der Waals surface area contributed by atoms with Gasteiger partial charge < -0.3 is 5.32 Å². The third-order valence-electron chi connectivity index (χ3n) is 4.23. The van der Waals surface area contributed by atoms with E-state index in [9.17, 15) is 18.4 Å². The summed E-state index contributed by atoms with van der Waals surface area (Å²) in [6, 6.07) is 11.1. The van der Waals surface area contributed by atoms with E-state index in [1.807, 2.05) is 6.07 Å². The van der Waals surface area contributed by atoms with E-state index in [0.29, 0.717) is 11.1 Å². The van der Waals surface area contributed by atoms with Crippen LogP contribution in [0.15, 0.2) is 42.5 Å². The lowest BCUT2D eigenvalue weighted by Crippen LogP contribution is -2.40. The Morgan fingerprint density at radius 2 is 1.84 bits per heavy atom. The highest BCUT2D eigenvalue weighted by atomic mass is 19.2. The summed E-state index contributed by atoms with van der Waals surface area (Å²) >= 11 is 0. The van der Waals surface area contributed by atoms with Crippen molar-refractivity contribution in [3.05, 3.63) is 70.8 Å². The quantitative estimate of drug-likeness (QED) is 0.873. The minimum atomic E-state index is -1.34. The molecule has 0 aliphatic carbocycles. The van der Waals surface area contributed by atoms with Crippen LogP contribution in [0.4, 0.5) is 13.6 Å². The lowest BCUT2D eigenvalue weighted by atomic mass is 9.91. The summed E-state index contributed by atoms with van der Waals surface area (Å²) in [5.41, 5.74) is -0.517. The van der Waals surface area contributed by atoms with Gasteiger partial charge in [0.1, 0.15) is 5.54 Å². The Morgan fingerprint density at radius 1 is 1.16 bits per heavy atom. The van der Waals surface area contributed by atoms with Crippen molar-refractivity contribution >= 4 is 11.9 Å². The van der Waals surface area contributed by atoms with E-state index in [1.165, 1.54) is 31.2 Å². The van der Waals surface area contributed by atoms with Crippen LogP contribution in [0.2, 0.25) is 0 Å². The van der Waals surface area contributed by atoms with E-state index >= 15 is 0 Å². The zero-order valence-electron chi connectivity index (χ0n) is 13.2. The van der Waals surface area contributed by atoms with Crippen molar-refractivity contribution in [2.24, 2.45) is 0 Å². The molecular formula is C18H13F2N3O2. The molecule has 2 aromatic rings. The average Bonchev–Trinajstić information content (AvgIpc) is 2.83. The predicted octanol–water partition coefficient (Wildman–Crippen LogP) is 2.80. The number of imide groups is 1. The van der Waals surface area contributed by atoms with E-state index in [-0.39, 0.29) is 12.1 Å². The molecule has 0 spiro atoms. The maximum atomic E-state index is 13.8. The van der Waals surface area contributed by atoms with E-state index in [4.69, 9.17) is 5.26 Å². The van der Waals surface area contributed by atoms with E-state index in [2.05, 4.69) is 5.32 Å². The van der Waals surface area contributed by atoms with Crippen LogP contribution in [0, 0.1) is 23.0 Å². The van der Waals surface area contributed by atoms with Gasteiger partial charge in [-0.15, -0.1) is 0 Å². The summed E-state index contributed by atoms with van der Waals surface area (Å²) in [7, 11) is 0. The third-order valence-corrected chi connectivity index (χ3v) is 4.23. The highest BCUT2D eigenvalue weighted by molar-refractivity contribution is 6.07. The molecule has 0 saturated carbocycles. The number of nitrogens with zero attached hydrogens (tertiary/aromatic N) is 2. The van der Waals surface area contributed by atoms with Crippen molar-refractivity contribution < 1.29 is 18.4 Å². The molecular weight excluding hydrogens is 328 g/mol. The lowest BCUT2D eigenvalue weighted by molar-refractivity contribution is -0.131. The third kappa shape index (κ3) is 2.72. The van der Waals surface area contributed by atoms with Crippen molar-refractivity contribution in [3.63, 3.8) is 0 Å². The van der Waals surface area contributed by atoms with Crippen molar-refractivity contribution in [1.82, 2.24) is 10.2 Å². The van der Waals surface area contributed by atoms with E-state index in [0.717, 1.165) is 11.0 Å². The number of nitrogens with one attached hydrogen (secondary N) is 1. The molecule has 0 bridgehead atoms. The number of carbonyl (C=O) groups excluding carboxylic acids is 2. The topological polar surface area (TPSA) is 73.2 Å². The van der Waals surface area contributed by atoms with Gasteiger partial charge in [-0.05, 0) is 30.7 Å². The zero-order chi connectivity index (χ0) is 18.2. The molecule has 2 aromatic carbocycles. The predicted molar refractivity (Wildman–Crippen MR) is 83.9 cm³/mol. The van der Waals surface area contributed by atoms with Gasteiger partial charge in [0.25, 0.3) is 5.91 Å². The van der Waals surface area contributed by atoms with Crippen LogP contribution in [-0.4, -0.2) is 16.8 Å². The Morgan fingerprint density at radius 3 is 2.48 bits per heavy atom. The Kier molecular flexibility index (Phi) is 3.97. The van der Waals surface area contributed by atoms with Gasteiger partial charge in [0.2, 0.25) is 0 Å². The molecule has 1 fully saturated rings. The largest absolute Gasteiger partial charge is 0.325 e. The minimum Gasteiger partial charge on any atom is -0.319 e. The van der Waals surface area contributed by atoms with Gasteiger partial charge in [-0.2, -0.15) is 5.26 Å². The van der Waals surface area contributed by atoms with Crippen LogP contribution < -0.4 is 5.32 Å². The summed E-state index contributed by atoms with van der Waals surface area (Å²) in [6.45, 7) is 1.15. The first kappa shape index (κ1) is 16.6. The van der Waals surface area contributed by atoms with Gasteiger partial charge in [-0.3, -0.25) is 9.69 Å². The van der Waals surface area contributed by atoms with Crippen molar-refractivity contribution in [3.8, 4) is 6.07 Å². The first-order chi connectivity index (χ1) is 11.9. The zero-order valence-corrected chi connectivity index (χ0v) is 13.2. The smallest absolute Gasteiger partial charge is 0.319 e. The second kappa shape index (κ2) is 5.98. The number of hydrogen-bond acceptors (Lipinski definition) is 3. The Hall–Kier alpha value is -3.27. The monoisotopic (exact) mass is 341 g/mol. The van der Waals surface area contributed by atoms with Gasteiger partial charge >= 0.3 is 6.03 Å². The molecule has 1 aliphatic rings. The van der Waals surface area contributed by atoms with Crippen molar-refractivity contribution in [2.75, 3.05) is 0 Å². The fraction of sp³-hybridized carbons (Fsp3) is 0.167. The van der Waals surface area contributed by atoms with E-state index < -0.39 is 29.1 Å². The number of urea groups is 1. The second-order valence-electron chi connectivity index (χ2n) is 5.85. The molecule has 126 valence electrons. The average molecular weight is 341 g/mol. The molecule has 0 aromatic heterocycles. The van der Waals surface area contributed by atoms with Crippen LogP contribution in [0.1, 0.15) is 23.6 Å². The highest BCUT2D eigenvalue weighted by Crippen LogP contribution is 2.30. The van der Waals surface area contributed by atoms with Crippen LogP contribution in [-0.2, 0) is 16.9 Å². The second-order valence-corrected chi connectivity index (χ2v) is 5.85. The first-order valence-electron chi connectivity index (χ1n) is 7.44. The molecule has 5 nitrogen and oxygen atoms in total. The molecule has 3 amide bonds. The molecule has 3 rings (SSSR count).